The number of para-hydroxylation sites is 1. The van der Waals surface area contributed by atoms with Crippen molar-refractivity contribution in [3.63, 3.8) is 0 Å². The molecule has 2 aromatic heterocycles. The molecule has 2 aliphatic heterocycles. The highest BCUT2D eigenvalue weighted by Crippen LogP contribution is 2.41. The number of fused-ring (bicyclic) bond motifs is 2. The summed E-state index contributed by atoms with van der Waals surface area (Å²) in [5.74, 6) is -0.0380. The van der Waals surface area contributed by atoms with Gasteiger partial charge in [-0.15, -0.1) is 0 Å². The van der Waals surface area contributed by atoms with E-state index in [2.05, 4.69) is 6.20 Å². The van der Waals surface area contributed by atoms with Gasteiger partial charge in [-0.2, -0.15) is 5.10 Å². The summed E-state index contributed by atoms with van der Waals surface area (Å²) < 4.78 is 9.66. The lowest BCUT2D eigenvalue weighted by atomic mass is 9.84. The molecule has 3 aromatic rings. The van der Waals surface area contributed by atoms with E-state index in [4.69, 9.17) is 9.84 Å². The van der Waals surface area contributed by atoms with Crippen LogP contribution in [0.3, 0.4) is 0 Å². The number of hydrogen-bond acceptors (Lipinski definition) is 4. The Balaban J connectivity index is 1.33. The predicted octanol–water partition coefficient (Wildman–Crippen LogP) is 2.12. The van der Waals surface area contributed by atoms with E-state index >= 15 is 0 Å². The summed E-state index contributed by atoms with van der Waals surface area (Å²) in [5.41, 5.74) is 2.66. The van der Waals surface area contributed by atoms with Crippen LogP contribution in [0.15, 0.2) is 65.7 Å². The number of carbonyl (C=O) groups excluding carboxylic acids is 1. The molecule has 0 saturated carbocycles. The third-order valence-corrected chi connectivity index (χ3v) is 6.12. The molecule has 2 aliphatic rings. The standard InChI is InChI=1S/C23H24N4O3/c28-20-8-4-5-12-26(20)17-21(29)25-13-10-23(11-14-25)22-18(9-15-30-23)16-27(24-22)19-6-2-1-3-7-19/h1-8,12,16H,9-11,13-15,17H2. The summed E-state index contributed by atoms with van der Waals surface area (Å²) in [4.78, 5) is 26.5. The molecular weight excluding hydrogens is 380 g/mol. The maximum atomic E-state index is 12.7. The first-order valence-corrected chi connectivity index (χ1v) is 10.4. The van der Waals surface area contributed by atoms with Gasteiger partial charge in [0.15, 0.2) is 0 Å². The third-order valence-electron chi connectivity index (χ3n) is 6.12. The second-order valence-corrected chi connectivity index (χ2v) is 7.92. The summed E-state index contributed by atoms with van der Waals surface area (Å²) in [6.07, 6.45) is 6.03. The number of hydrogen-bond donors (Lipinski definition) is 0. The van der Waals surface area contributed by atoms with Crippen LogP contribution in [0.1, 0.15) is 24.1 Å². The monoisotopic (exact) mass is 404 g/mol. The van der Waals surface area contributed by atoms with Gasteiger partial charge < -0.3 is 14.2 Å². The highest BCUT2D eigenvalue weighted by molar-refractivity contribution is 5.76. The van der Waals surface area contributed by atoms with Crippen LogP contribution in [-0.4, -0.2) is 44.9 Å². The first-order chi connectivity index (χ1) is 14.6. The molecule has 0 atom stereocenters. The number of aromatic nitrogens is 3. The van der Waals surface area contributed by atoms with Crippen LogP contribution in [0, 0.1) is 0 Å². The summed E-state index contributed by atoms with van der Waals surface area (Å²) in [6, 6.07) is 15.0. The number of nitrogens with zero attached hydrogens (tertiary/aromatic N) is 4. The first-order valence-electron chi connectivity index (χ1n) is 10.4. The molecule has 7 nitrogen and oxygen atoms in total. The molecule has 0 N–H and O–H groups in total. The average molecular weight is 404 g/mol. The van der Waals surface area contributed by atoms with Gasteiger partial charge in [-0.1, -0.05) is 24.3 Å². The van der Waals surface area contributed by atoms with Gasteiger partial charge >= 0.3 is 0 Å². The number of rotatable bonds is 3. The van der Waals surface area contributed by atoms with Gasteiger partial charge in [0.1, 0.15) is 12.1 Å². The normalized spacial score (nSPS) is 17.7. The molecule has 7 heteroatoms. The van der Waals surface area contributed by atoms with Crippen LogP contribution in [0.25, 0.3) is 5.69 Å². The van der Waals surface area contributed by atoms with E-state index in [1.807, 2.05) is 39.9 Å². The van der Waals surface area contributed by atoms with Crippen LogP contribution in [0.5, 0.6) is 0 Å². The highest BCUT2D eigenvalue weighted by Gasteiger charge is 2.44. The van der Waals surface area contributed by atoms with E-state index in [1.165, 1.54) is 16.2 Å². The molecule has 5 rings (SSSR count). The van der Waals surface area contributed by atoms with E-state index in [-0.39, 0.29) is 18.0 Å². The summed E-state index contributed by atoms with van der Waals surface area (Å²) >= 11 is 0. The molecule has 0 unspecified atom stereocenters. The SMILES string of the molecule is O=C(Cn1ccccc1=O)N1CCC2(CC1)OCCc1cn(-c3ccccc3)nc12. The van der Waals surface area contributed by atoms with Gasteiger partial charge in [0.05, 0.1) is 18.0 Å². The Morgan fingerprint density at radius 1 is 1.07 bits per heavy atom. The van der Waals surface area contributed by atoms with E-state index < -0.39 is 5.60 Å². The molecule has 0 bridgehead atoms. The van der Waals surface area contributed by atoms with Crippen molar-refractivity contribution in [2.75, 3.05) is 19.7 Å². The minimum atomic E-state index is -0.437. The van der Waals surface area contributed by atoms with Crippen molar-refractivity contribution < 1.29 is 9.53 Å². The van der Waals surface area contributed by atoms with Crippen LogP contribution >= 0.6 is 0 Å². The Labute approximate surface area is 174 Å². The smallest absolute Gasteiger partial charge is 0.250 e. The molecule has 154 valence electrons. The van der Waals surface area contributed by atoms with Crippen LogP contribution in [-0.2, 0) is 28.1 Å². The van der Waals surface area contributed by atoms with Crippen molar-refractivity contribution in [1.82, 2.24) is 19.2 Å². The van der Waals surface area contributed by atoms with Crippen molar-refractivity contribution in [1.29, 1.82) is 0 Å². The number of pyridine rings is 1. The number of amides is 1. The number of likely N-dealkylation sites (tertiary alicyclic amines) is 1. The first kappa shape index (κ1) is 18.8. The van der Waals surface area contributed by atoms with Crippen LogP contribution < -0.4 is 5.56 Å². The summed E-state index contributed by atoms with van der Waals surface area (Å²) in [5, 5.41) is 4.89. The lowest BCUT2D eigenvalue weighted by molar-refractivity contribution is -0.141. The van der Waals surface area contributed by atoms with Gasteiger partial charge in [-0.3, -0.25) is 9.59 Å². The van der Waals surface area contributed by atoms with Gasteiger partial charge in [0.2, 0.25) is 5.91 Å². The molecule has 1 saturated heterocycles. The molecule has 0 aliphatic carbocycles. The fraction of sp³-hybridized carbons (Fsp3) is 0.348. The van der Waals surface area contributed by atoms with Gasteiger partial charge in [-0.25, -0.2) is 4.68 Å². The average Bonchev–Trinajstić information content (AvgIpc) is 3.23. The van der Waals surface area contributed by atoms with Crippen molar-refractivity contribution in [3.05, 3.63) is 82.5 Å². The van der Waals surface area contributed by atoms with Gasteiger partial charge in [-0.05, 0) is 43.0 Å². The zero-order valence-electron chi connectivity index (χ0n) is 16.7. The Bertz CT molecular complexity index is 1110. The van der Waals surface area contributed by atoms with Crippen molar-refractivity contribution in [2.45, 2.75) is 31.4 Å². The van der Waals surface area contributed by atoms with E-state index in [1.54, 1.807) is 18.3 Å². The Kier molecular flexibility index (Phi) is 4.75. The van der Waals surface area contributed by atoms with Gasteiger partial charge in [0, 0.05) is 31.5 Å². The van der Waals surface area contributed by atoms with Crippen molar-refractivity contribution in [2.24, 2.45) is 0 Å². The summed E-state index contributed by atoms with van der Waals surface area (Å²) in [6.45, 7) is 1.93. The summed E-state index contributed by atoms with van der Waals surface area (Å²) in [7, 11) is 0. The fourth-order valence-electron chi connectivity index (χ4n) is 4.45. The predicted molar refractivity (Wildman–Crippen MR) is 111 cm³/mol. The molecule has 4 heterocycles. The number of carbonyl (C=O) groups is 1. The fourth-order valence-corrected chi connectivity index (χ4v) is 4.45. The minimum absolute atomic E-state index is 0.0380. The maximum absolute atomic E-state index is 12.7. The van der Waals surface area contributed by atoms with E-state index in [9.17, 15) is 9.59 Å². The molecular formula is C23H24N4O3. The molecule has 0 radical (unpaired) electrons. The molecule has 1 amide bonds. The van der Waals surface area contributed by atoms with Crippen molar-refractivity contribution in [3.8, 4) is 5.69 Å². The zero-order valence-corrected chi connectivity index (χ0v) is 16.7. The lowest BCUT2D eigenvalue weighted by Gasteiger charge is -2.43. The molecule has 1 spiro atoms. The minimum Gasteiger partial charge on any atom is -0.368 e. The number of benzene rings is 1. The maximum Gasteiger partial charge on any atom is 0.250 e. The molecule has 30 heavy (non-hydrogen) atoms. The van der Waals surface area contributed by atoms with Crippen LogP contribution in [0.4, 0.5) is 0 Å². The quantitative estimate of drug-likeness (QED) is 0.671. The number of piperidine rings is 1. The largest absolute Gasteiger partial charge is 0.368 e. The lowest BCUT2D eigenvalue weighted by Crippen LogP contribution is -2.49. The second-order valence-electron chi connectivity index (χ2n) is 7.92. The second kappa shape index (κ2) is 7.57. The topological polar surface area (TPSA) is 69.4 Å². The Hall–Kier alpha value is -3.19. The van der Waals surface area contributed by atoms with Gasteiger partial charge in [0.25, 0.3) is 5.56 Å². The van der Waals surface area contributed by atoms with E-state index in [0.717, 1.165) is 17.8 Å². The Morgan fingerprint density at radius 3 is 2.60 bits per heavy atom. The Morgan fingerprint density at radius 2 is 1.83 bits per heavy atom. The van der Waals surface area contributed by atoms with Crippen molar-refractivity contribution >= 4 is 5.91 Å². The third kappa shape index (κ3) is 3.35. The zero-order chi connectivity index (χ0) is 20.6. The van der Waals surface area contributed by atoms with Crippen LogP contribution in [0.2, 0.25) is 0 Å². The highest BCUT2D eigenvalue weighted by atomic mass is 16.5. The molecule has 1 aromatic carbocycles. The number of ether oxygens (including phenoxy) is 1. The molecule has 1 fully saturated rings. The van der Waals surface area contributed by atoms with E-state index in [0.29, 0.717) is 32.5 Å².